The summed E-state index contributed by atoms with van der Waals surface area (Å²) in [6, 6.07) is 12.9. The fourth-order valence-corrected chi connectivity index (χ4v) is 4.31. The van der Waals surface area contributed by atoms with Crippen molar-refractivity contribution in [3.8, 4) is 0 Å². The highest BCUT2D eigenvalue weighted by Gasteiger charge is 2.27. The van der Waals surface area contributed by atoms with Gasteiger partial charge in [0.25, 0.3) is 5.91 Å². The minimum absolute atomic E-state index is 0.188. The van der Waals surface area contributed by atoms with Crippen LogP contribution in [-0.2, 0) is 17.8 Å². The van der Waals surface area contributed by atoms with Gasteiger partial charge in [-0.1, -0.05) is 24.3 Å². The zero-order chi connectivity index (χ0) is 22.4. The van der Waals surface area contributed by atoms with Crippen LogP contribution in [0.2, 0.25) is 0 Å². The van der Waals surface area contributed by atoms with Crippen LogP contribution in [0.5, 0.6) is 0 Å². The summed E-state index contributed by atoms with van der Waals surface area (Å²) in [5.74, 6) is 0.105. The molecule has 1 atom stereocenters. The highest BCUT2D eigenvalue weighted by molar-refractivity contribution is 6.11. The molecule has 0 saturated heterocycles. The maximum atomic E-state index is 13.0. The lowest BCUT2D eigenvalue weighted by Gasteiger charge is -2.23. The predicted octanol–water partition coefficient (Wildman–Crippen LogP) is 2.67. The van der Waals surface area contributed by atoms with Crippen LogP contribution in [0, 0.1) is 0 Å². The van der Waals surface area contributed by atoms with Crippen LogP contribution in [-0.4, -0.2) is 42.8 Å². The predicted molar refractivity (Wildman–Crippen MR) is 124 cm³/mol. The number of H-pyrrole nitrogens is 3. The number of carbonyl (C=O) groups is 2. The molecule has 1 aliphatic rings. The minimum atomic E-state index is -0.397. The largest absolute Gasteiger partial charge is 0.357 e. The number of hydrogen-bond donors (Lipinski definition) is 6. The molecule has 6 N–H and O–H groups in total. The van der Waals surface area contributed by atoms with Crippen molar-refractivity contribution >= 4 is 45.6 Å². The molecule has 1 unspecified atom stereocenters. The molecule has 2 aromatic carbocycles. The Morgan fingerprint density at radius 3 is 2.73 bits per heavy atom. The Balaban J connectivity index is 1.22. The molecule has 0 aliphatic carbocycles. The van der Waals surface area contributed by atoms with E-state index in [1.165, 1.54) is 0 Å². The number of carbonyl (C=O) groups excluding carboxylic acids is 2. The highest BCUT2D eigenvalue weighted by atomic mass is 16.2. The number of benzene rings is 2. The highest BCUT2D eigenvalue weighted by Crippen LogP contribution is 2.27. The number of hydrogen-bond acceptors (Lipinski definition) is 5. The minimum Gasteiger partial charge on any atom is -0.357 e. The van der Waals surface area contributed by atoms with Gasteiger partial charge in [-0.15, -0.1) is 0 Å². The van der Waals surface area contributed by atoms with Crippen molar-refractivity contribution in [2.75, 3.05) is 10.6 Å². The standard InChI is InChI=1S/C23H20N8O2/c32-20(30-22-24-8-9-25-22)13-5-3-7-16-19(13)29-23(28-16)31-21(33)17-10-14-12-4-1-2-6-15(12)27-18(14)11-26-17/h1-9,17,26-27H,10-11H2,(H2,24,25,30,32)(H2,28,29,31,33). The van der Waals surface area contributed by atoms with E-state index in [1.54, 1.807) is 30.6 Å². The van der Waals surface area contributed by atoms with Gasteiger partial charge in [0, 0.05) is 35.5 Å². The quantitative estimate of drug-likeness (QED) is 0.255. The van der Waals surface area contributed by atoms with E-state index in [1.807, 2.05) is 18.2 Å². The van der Waals surface area contributed by atoms with E-state index in [4.69, 9.17) is 0 Å². The lowest BCUT2D eigenvalue weighted by molar-refractivity contribution is -0.118. The van der Waals surface area contributed by atoms with Crippen LogP contribution >= 0.6 is 0 Å². The van der Waals surface area contributed by atoms with Crippen LogP contribution in [0.3, 0.4) is 0 Å². The smallest absolute Gasteiger partial charge is 0.260 e. The summed E-state index contributed by atoms with van der Waals surface area (Å²) in [5.41, 5.74) is 4.82. The molecule has 0 radical (unpaired) electrons. The van der Waals surface area contributed by atoms with E-state index < -0.39 is 6.04 Å². The van der Waals surface area contributed by atoms with Gasteiger partial charge >= 0.3 is 0 Å². The Labute approximate surface area is 187 Å². The Bertz CT molecular complexity index is 1500. The molecule has 2 amide bonds. The van der Waals surface area contributed by atoms with Gasteiger partial charge in [-0.3, -0.25) is 25.5 Å². The molecule has 164 valence electrons. The third-order valence-electron chi connectivity index (χ3n) is 5.88. The summed E-state index contributed by atoms with van der Waals surface area (Å²) >= 11 is 0. The number of para-hydroxylation sites is 2. The molecule has 33 heavy (non-hydrogen) atoms. The molecule has 4 heterocycles. The first-order valence-corrected chi connectivity index (χ1v) is 10.6. The maximum absolute atomic E-state index is 13.0. The van der Waals surface area contributed by atoms with Gasteiger partial charge in [-0.05, 0) is 30.2 Å². The van der Waals surface area contributed by atoms with Crippen molar-refractivity contribution in [3.63, 3.8) is 0 Å². The van der Waals surface area contributed by atoms with Crippen LogP contribution in [0.1, 0.15) is 21.6 Å². The number of anilines is 2. The van der Waals surface area contributed by atoms with Gasteiger partial charge in [-0.25, -0.2) is 9.97 Å². The summed E-state index contributed by atoms with van der Waals surface area (Å²) in [5, 5.41) is 9.98. The second kappa shape index (κ2) is 7.61. The van der Waals surface area contributed by atoms with Crippen molar-refractivity contribution in [2.24, 2.45) is 0 Å². The summed E-state index contributed by atoms with van der Waals surface area (Å²) in [6.07, 6.45) is 3.75. The van der Waals surface area contributed by atoms with Gasteiger partial charge in [0.05, 0.1) is 17.1 Å². The van der Waals surface area contributed by atoms with Gasteiger partial charge < -0.3 is 15.0 Å². The summed E-state index contributed by atoms with van der Waals surface area (Å²) in [7, 11) is 0. The molecular weight excluding hydrogens is 420 g/mol. The second-order valence-corrected chi connectivity index (χ2v) is 7.93. The molecule has 0 saturated carbocycles. The second-order valence-electron chi connectivity index (χ2n) is 7.93. The Morgan fingerprint density at radius 1 is 0.970 bits per heavy atom. The lowest BCUT2D eigenvalue weighted by Crippen LogP contribution is -2.44. The van der Waals surface area contributed by atoms with E-state index in [0.717, 1.165) is 22.2 Å². The van der Waals surface area contributed by atoms with Crippen LogP contribution in [0.15, 0.2) is 54.9 Å². The molecule has 0 bridgehead atoms. The molecule has 10 nitrogen and oxygen atoms in total. The number of amides is 2. The molecule has 0 spiro atoms. The zero-order valence-electron chi connectivity index (χ0n) is 17.4. The molecule has 1 aliphatic heterocycles. The first-order chi connectivity index (χ1) is 16.2. The number of nitrogens with one attached hydrogen (secondary N) is 6. The summed E-state index contributed by atoms with van der Waals surface area (Å²) in [4.78, 5) is 43.5. The van der Waals surface area contributed by atoms with Gasteiger partial charge in [0.1, 0.15) is 5.52 Å². The third kappa shape index (κ3) is 3.42. The van der Waals surface area contributed by atoms with Crippen molar-refractivity contribution in [1.29, 1.82) is 0 Å². The van der Waals surface area contributed by atoms with Gasteiger partial charge in [-0.2, -0.15) is 0 Å². The maximum Gasteiger partial charge on any atom is 0.260 e. The normalized spacial score (nSPS) is 15.5. The van der Waals surface area contributed by atoms with E-state index in [9.17, 15) is 9.59 Å². The monoisotopic (exact) mass is 440 g/mol. The SMILES string of the molecule is O=C(Nc1ncc[nH]1)c1cccc2[nH]c(NC(=O)C3Cc4c([nH]c5ccccc45)CN3)nc12. The average Bonchev–Trinajstić information content (AvgIpc) is 3.56. The zero-order valence-corrected chi connectivity index (χ0v) is 17.4. The Kier molecular flexibility index (Phi) is 4.44. The van der Waals surface area contributed by atoms with Crippen molar-refractivity contribution in [3.05, 3.63) is 71.7 Å². The number of aromatic nitrogens is 5. The topological polar surface area (TPSA) is 143 Å². The van der Waals surface area contributed by atoms with E-state index in [0.29, 0.717) is 41.5 Å². The van der Waals surface area contributed by atoms with Crippen molar-refractivity contribution < 1.29 is 9.59 Å². The van der Waals surface area contributed by atoms with E-state index in [-0.39, 0.29) is 11.8 Å². The van der Waals surface area contributed by atoms with E-state index >= 15 is 0 Å². The van der Waals surface area contributed by atoms with Gasteiger partial charge in [0.15, 0.2) is 0 Å². The molecule has 3 aromatic heterocycles. The van der Waals surface area contributed by atoms with E-state index in [2.05, 4.69) is 46.9 Å². The fraction of sp³-hybridized carbons (Fsp3) is 0.130. The van der Waals surface area contributed by atoms with Gasteiger partial charge in [0.2, 0.25) is 17.8 Å². The Morgan fingerprint density at radius 2 is 1.85 bits per heavy atom. The average molecular weight is 440 g/mol. The summed E-state index contributed by atoms with van der Waals surface area (Å²) < 4.78 is 0. The third-order valence-corrected chi connectivity index (χ3v) is 5.88. The lowest BCUT2D eigenvalue weighted by atomic mass is 9.98. The first kappa shape index (κ1) is 19.3. The van der Waals surface area contributed by atoms with Crippen LogP contribution in [0.4, 0.5) is 11.9 Å². The van der Waals surface area contributed by atoms with Crippen LogP contribution < -0.4 is 16.0 Å². The number of rotatable bonds is 4. The Hall–Kier alpha value is -4.44. The number of nitrogens with zero attached hydrogens (tertiary/aromatic N) is 2. The molecule has 5 aromatic rings. The molecule has 10 heteroatoms. The molecular formula is C23H20N8O2. The molecule has 0 fully saturated rings. The van der Waals surface area contributed by atoms with Crippen LogP contribution in [0.25, 0.3) is 21.9 Å². The molecule has 6 rings (SSSR count). The fourth-order valence-electron chi connectivity index (χ4n) is 4.31. The number of fused-ring (bicyclic) bond motifs is 4. The van der Waals surface area contributed by atoms with Crippen molar-refractivity contribution in [1.82, 2.24) is 30.2 Å². The number of imidazole rings is 2. The number of aromatic amines is 3. The van der Waals surface area contributed by atoms with Crippen molar-refractivity contribution in [2.45, 2.75) is 19.0 Å². The summed E-state index contributed by atoms with van der Waals surface area (Å²) in [6.45, 7) is 0.583. The first-order valence-electron chi connectivity index (χ1n) is 10.6.